The van der Waals surface area contributed by atoms with E-state index in [0.29, 0.717) is 36.0 Å². The van der Waals surface area contributed by atoms with Gasteiger partial charge in [0.2, 0.25) is 0 Å². The van der Waals surface area contributed by atoms with E-state index in [2.05, 4.69) is 21.7 Å². The number of nitrogens with zero attached hydrogens (tertiary/aromatic N) is 4. The number of carbonyl (C=O) groups excluding carboxylic acids is 2. The van der Waals surface area contributed by atoms with E-state index in [1.807, 2.05) is 58.1 Å². The molecule has 0 saturated carbocycles. The zero-order valence-corrected chi connectivity index (χ0v) is 19.8. The molecule has 0 spiro atoms. The summed E-state index contributed by atoms with van der Waals surface area (Å²) in [7, 11) is 0. The highest BCUT2D eigenvalue weighted by Gasteiger charge is 2.26. The van der Waals surface area contributed by atoms with Gasteiger partial charge in [0, 0.05) is 43.9 Å². The molecule has 1 saturated heterocycles. The zero-order chi connectivity index (χ0) is 24.2. The summed E-state index contributed by atoms with van der Waals surface area (Å²) < 4.78 is 1.92. The van der Waals surface area contributed by atoms with Crippen molar-refractivity contribution in [3.63, 3.8) is 0 Å². The number of rotatable bonds is 5. The van der Waals surface area contributed by atoms with E-state index in [4.69, 9.17) is 0 Å². The maximum atomic E-state index is 12.8. The number of nitrogens with one attached hydrogen (secondary N) is 2. The summed E-state index contributed by atoms with van der Waals surface area (Å²) in [6.07, 6.45) is 7.27. The second kappa shape index (κ2) is 9.99. The first-order valence-corrected chi connectivity index (χ1v) is 12.3. The maximum absolute atomic E-state index is 12.8. The van der Waals surface area contributed by atoms with E-state index in [1.54, 1.807) is 17.6 Å². The van der Waals surface area contributed by atoms with Crippen LogP contribution in [0.4, 0.5) is 10.5 Å². The van der Waals surface area contributed by atoms with Gasteiger partial charge in [0.15, 0.2) is 0 Å². The molecule has 4 heterocycles. The van der Waals surface area contributed by atoms with Crippen molar-refractivity contribution < 1.29 is 9.59 Å². The number of thiophene rings is 1. The molecule has 9 heteroatoms. The Labute approximate surface area is 206 Å². The number of benzene rings is 1. The number of hydrogen-bond acceptors (Lipinski definition) is 5. The van der Waals surface area contributed by atoms with E-state index in [-0.39, 0.29) is 11.9 Å². The van der Waals surface area contributed by atoms with Crippen molar-refractivity contribution in [2.24, 2.45) is 0 Å². The molecule has 0 aliphatic carbocycles. The molecule has 0 atom stereocenters. The predicted octanol–water partition coefficient (Wildman–Crippen LogP) is 4.61. The second-order valence-corrected chi connectivity index (χ2v) is 9.42. The lowest BCUT2D eigenvalue weighted by molar-refractivity contribution is 0.0717. The average Bonchev–Trinajstić information content (AvgIpc) is 3.57. The molecule has 1 fully saturated rings. The van der Waals surface area contributed by atoms with Crippen LogP contribution in [0.2, 0.25) is 0 Å². The number of nitriles is 1. The largest absolute Gasteiger partial charge is 0.338 e. The van der Waals surface area contributed by atoms with Crippen molar-refractivity contribution in [2.45, 2.75) is 25.3 Å². The fourth-order valence-electron chi connectivity index (χ4n) is 4.38. The van der Waals surface area contributed by atoms with Crippen molar-refractivity contribution in [2.75, 3.05) is 18.4 Å². The van der Waals surface area contributed by atoms with Crippen molar-refractivity contribution >= 4 is 34.6 Å². The first-order chi connectivity index (χ1) is 17.1. The van der Waals surface area contributed by atoms with Gasteiger partial charge >= 0.3 is 6.03 Å². The summed E-state index contributed by atoms with van der Waals surface area (Å²) in [5.41, 5.74) is 4.19. The lowest BCUT2D eigenvalue weighted by Crippen LogP contribution is -2.37. The number of aromatic nitrogens is 2. The summed E-state index contributed by atoms with van der Waals surface area (Å²) in [4.78, 5) is 31.7. The molecule has 1 aliphatic heterocycles. The standard InChI is InChI=1S/C26H24N6O2S/c27-16-21-8-14-35-24(21)25(33)32-11-6-20(7-12-32)19-1-3-22(4-2-19)30-26(34)29-17-18-5-10-31-13-9-28-23(31)15-18/h1-5,8-10,13-15,20H,6-7,11-12,17H2,(H2,29,30,34). The minimum atomic E-state index is -0.266. The van der Waals surface area contributed by atoms with Crippen molar-refractivity contribution in [1.82, 2.24) is 19.6 Å². The van der Waals surface area contributed by atoms with Gasteiger partial charge in [-0.2, -0.15) is 5.26 Å². The van der Waals surface area contributed by atoms with Crippen molar-refractivity contribution in [3.05, 3.63) is 88.0 Å². The summed E-state index contributed by atoms with van der Waals surface area (Å²) in [5, 5.41) is 16.7. The second-order valence-electron chi connectivity index (χ2n) is 8.50. The molecule has 1 aliphatic rings. The normalized spacial score (nSPS) is 14.0. The van der Waals surface area contributed by atoms with Crippen LogP contribution in [0.5, 0.6) is 0 Å². The van der Waals surface area contributed by atoms with Crippen LogP contribution in [-0.2, 0) is 6.54 Å². The third kappa shape index (κ3) is 5.03. The number of hydrogen-bond donors (Lipinski definition) is 2. The first-order valence-electron chi connectivity index (χ1n) is 11.4. The number of urea groups is 1. The fraction of sp³-hybridized carbons (Fsp3) is 0.231. The number of carbonyl (C=O) groups is 2. The summed E-state index contributed by atoms with van der Waals surface area (Å²) in [6.45, 7) is 1.74. The number of likely N-dealkylation sites (tertiary alicyclic amines) is 1. The van der Waals surface area contributed by atoms with Crippen LogP contribution in [0.25, 0.3) is 5.65 Å². The van der Waals surface area contributed by atoms with E-state index in [0.717, 1.165) is 29.7 Å². The highest BCUT2D eigenvalue weighted by molar-refractivity contribution is 7.12. The Morgan fingerprint density at radius 2 is 1.91 bits per heavy atom. The molecule has 2 N–H and O–H groups in total. The van der Waals surface area contributed by atoms with E-state index in [9.17, 15) is 14.9 Å². The first kappa shape index (κ1) is 22.6. The number of pyridine rings is 1. The van der Waals surface area contributed by atoms with Gasteiger partial charge in [-0.25, -0.2) is 9.78 Å². The highest BCUT2D eigenvalue weighted by atomic mass is 32.1. The SMILES string of the molecule is N#Cc1ccsc1C(=O)N1CCC(c2ccc(NC(=O)NCc3ccn4ccnc4c3)cc2)CC1. The molecule has 0 radical (unpaired) electrons. The lowest BCUT2D eigenvalue weighted by Gasteiger charge is -2.32. The number of anilines is 1. The van der Waals surface area contributed by atoms with Gasteiger partial charge in [0.1, 0.15) is 16.6 Å². The Kier molecular flexibility index (Phi) is 6.46. The molecule has 5 rings (SSSR count). The third-order valence-electron chi connectivity index (χ3n) is 6.32. The molecule has 0 bridgehead atoms. The number of piperidine rings is 1. The predicted molar refractivity (Wildman–Crippen MR) is 134 cm³/mol. The summed E-state index contributed by atoms with van der Waals surface area (Å²) in [5.74, 6) is 0.309. The quantitative estimate of drug-likeness (QED) is 0.432. The fourth-order valence-corrected chi connectivity index (χ4v) is 5.19. The van der Waals surface area contributed by atoms with Gasteiger partial charge in [0.25, 0.3) is 5.91 Å². The van der Waals surface area contributed by atoms with E-state index in [1.165, 1.54) is 16.9 Å². The van der Waals surface area contributed by atoms with Gasteiger partial charge in [-0.3, -0.25) is 4.79 Å². The van der Waals surface area contributed by atoms with Gasteiger partial charge < -0.3 is 19.9 Å². The number of imidazole rings is 1. The molecule has 176 valence electrons. The van der Waals surface area contributed by atoms with Gasteiger partial charge in [-0.05, 0) is 65.6 Å². The van der Waals surface area contributed by atoms with Gasteiger partial charge in [-0.15, -0.1) is 11.3 Å². The van der Waals surface area contributed by atoms with Crippen LogP contribution >= 0.6 is 11.3 Å². The average molecular weight is 485 g/mol. The molecular formula is C26H24N6O2S. The Hall–Kier alpha value is -4.16. The molecule has 1 aromatic carbocycles. The highest BCUT2D eigenvalue weighted by Crippen LogP contribution is 2.30. The van der Waals surface area contributed by atoms with E-state index < -0.39 is 0 Å². The molecule has 4 aromatic rings. The Balaban J connectivity index is 1.11. The zero-order valence-electron chi connectivity index (χ0n) is 19.0. The van der Waals surface area contributed by atoms with Gasteiger partial charge in [0.05, 0.1) is 5.56 Å². The minimum absolute atomic E-state index is 0.0507. The van der Waals surface area contributed by atoms with Crippen molar-refractivity contribution in [3.8, 4) is 6.07 Å². The van der Waals surface area contributed by atoms with E-state index >= 15 is 0 Å². The van der Waals surface area contributed by atoms with Crippen LogP contribution < -0.4 is 10.6 Å². The third-order valence-corrected chi connectivity index (χ3v) is 7.22. The molecule has 8 nitrogen and oxygen atoms in total. The van der Waals surface area contributed by atoms with Crippen LogP contribution in [0.15, 0.2) is 66.4 Å². The van der Waals surface area contributed by atoms with Crippen LogP contribution in [-0.4, -0.2) is 39.3 Å². The smallest absolute Gasteiger partial charge is 0.319 e. The van der Waals surface area contributed by atoms with Crippen LogP contribution in [0.3, 0.4) is 0 Å². The minimum Gasteiger partial charge on any atom is -0.338 e. The Bertz CT molecular complexity index is 1390. The molecule has 35 heavy (non-hydrogen) atoms. The number of amides is 3. The van der Waals surface area contributed by atoms with Crippen LogP contribution in [0.1, 0.15) is 45.1 Å². The topological polar surface area (TPSA) is 103 Å². The molecule has 3 amide bonds. The molecular weight excluding hydrogens is 460 g/mol. The number of fused-ring (bicyclic) bond motifs is 1. The van der Waals surface area contributed by atoms with Crippen molar-refractivity contribution in [1.29, 1.82) is 5.26 Å². The lowest BCUT2D eigenvalue weighted by atomic mass is 9.89. The summed E-state index contributed by atoms with van der Waals surface area (Å²) >= 11 is 1.33. The Morgan fingerprint density at radius 3 is 2.69 bits per heavy atom. The van der Waals surface area contributed by atoms with Gasteiger partial charge in [-0.1, -0.05) is 12.1 Å². The molecule has 0 unspecified atom stereocenters. The monoisotopic (exact) mass is 484 g/mol. The Morgan fingerprint density at radius 1 is 1.11 bits per heavy atom. The maximum Gasteiger partial charge on any atom is 0.319 e. The molecule has 3 aromatic heterocycles. The summed E-state index contributed by atoms with van der Waals surface area (Å²) in [6, 6.07) is 15.3. The van der Waals surface area contributed by atoms with Crippen LogP contribution in [0, 0.1) is 11.3 Å².